The van der Waals surface area contributed by atoms with E-state index in [4.69, 9.17) is 16.3 Å². The maximum absolute atomic E-state index is 11.2. The van der Waals surface area contributed by atoms with Crippen LogP contribution in [0.2, 0.25) is 0 Å². The van der Waals surface area contributed by atoms with Gasteiger partial charge in [-0.15, -0.1) is 0 Å². The van der Waals surface area contributed by atoms with Crippen molar-refractivity contribution < 1.29 is 9.53 Å². The van der Waals surface area contributed by atoms with Crippen molar-refractivity contribution in [1.29, 1.82) is 0 Å². The van der Waals surface area contributed by atoms with Gasteiger partial charge in [-0.1, -0.05) is 15.9 Å². The van der Waals surface area contributed by atoms with Crippen LogP contribution >= 0.6 is 39.5 Å². The first-order valence-electron chi connectivity index (χ1n) is 5.45. The van der Waals surface area contributed by atoms with Crippen molar-refractivity contribution in [3.05, 3.63) is 33.1 Å². The van der Waals surface area contributed by atoms with E-state index < -0.39 is 5.37 Å². The summed E-state index contributed by atoms with van der Waals surface area (Å²) in [6.45, 7) is 1.17. The molecule has 0 unspecified atom stereocenters. The molecule has 18 heavy (non-hydrogen) atoms. The Hall–Kier alpha value is -0.650. The third-order valence-corrected chi connectivity index (χ3v) is 4.89. The minimum Gasteiger partial charge on any atom is -0.493 e. The maximum Gasteiger partial charge on any atom is 0.326 e. The SMILES string of the molecule is O=C(Cl)N1CC2=C(CCOc3cc(Br)ccc32)S1. The van der Waals surface area contributed by atoms with E-state index in [1.54, 1.807) is 4.31 Å². The van der Waals surface area contributed by atoms with Crippen molar-refractivity contribution >= 4 is 50.4 Å². The zero-order valence-corrected chi connectivity index (χ0v) is 12.4. The quantitative estimate of drug-likeness (QED) is 0.399. The predicted octanol–water partition coefficient (Wildman–Crippen LogP) is 4.27. The molecule has 0 aromatic heterocycles. The molecule has 0 bridgehead atoms. The molecule has 1 aromatic carbocycles. The third kappa shape index (κ3) is 2.15. The van der Waals surface area contributed by atoms with Crippen molar-refractivity contribution in [2.75, 3.05) is 13.2 Å². The summed E-state index contributed by atoms with van der Waals surface area (Å²) in [5, 5.41) is -0.423. The minimum atomic E-state index is -0.423. The summed E-state index contributed by atoms with van der Waals surface area (Å²) in [6.07, 6.45) is 0.812. The highest BCUT2D eigenvalue weighted by Gasteiger charge is 2.30. The van der Waals surface area contributed by atoms with Crippen LogP contribution in [0.3, 0.4) is 0 Å². The molecular formula is C12H9BrClNO2S. The van der Waals surface area contributed by atoms with Crippen LogP contribution in [0.25, 0.3) is 5.57 Å². The van der Waals surface area contributed by atoms with Crippen LogP contribution < -0.4 is 4.74 Å². The number of halogens is 2. The van der Waals surface area contributed by atoms with Gasteiger partial charge in [0.15, 0.2) is 0 Å². The van der Waals surface area contributed by atoms with E-state index in [1.165, 1.54) is 16.9 Å². The van der Waals surface area contributed by atoms with Crippen LogP contribution in [0.1, 0.15) is 12.0 Å². The lowest BCUT2D eigenvalue weighted by Crippen LogP contribution is -2.16. The summed E-state index contributed by atoms with van der Waals surface area (Å²) in [6, 6.07) is 5.96. The van der Waals surface area contributed by atoms with Gasteiger partial charge in [-0.25, -0.2) is 0 Å². The second-order valence-corrected chi connectivity index (χ2v) is 6.38. The Kier molecular flexibility index (Phi) is 3.30. The second-order valence-electron chi connectivity index (χ2n) is 4.02. The highest BCUT2D eigenvalue weighted by molar-refractivity contribution is 9.10. The number of benzene rings is 1. The first-order valence-corrected chi connectivity index (χ1v) is 7.39. The van der Waals surface area contributed by atoms with E-state index in [0.29, 0.717) is 13.2 Å². The Morgan fingerprint density at radius 3 is 3.11 bits per heavy atom. The van der Waals surface area contributed by atoms with E-state index in [2.05, 4.69) is 15.9 Å². The van der Waals surface area contributed by atoms with E-state index in [9.17, 15) is 4.79 Å². The number of hydrogen-bond donors (Lipinski definition) is 0. The molecule has 0 radical (unpaired) electrons. The second kappa shape index (κ2) is 4.79. The lowest BCUT2D eigenvalue weighted by molar-refractivity contribution is 0.250. The lowest BCUT2D eigenvalue weighted by Gasteiger charge is -2.13. The summed E-state index contributed by atoms with van der Waals surface area (Å²) < 4.78 is 8.30. The Bertz CT molecular complexity index is 561. The first kappa shape index (κ1) is 12.4. The Balaban J connectivity index is 2.02. The molecule has 0 fully saturated rings. The van der Waals surface area contributed by atoms with Gasteiger partial charge in [0.25, 0.3) is 0 Å². The van der Waals surface area contributed by atoms with E-state index in [0.717, 1.165) is 27.8 Å². The molecule has 2 aliphatic heterocycles. The number of ether oxygens (including phenoxy) is 1. The van der Waals surface area contributed by atoms with E-state index >= 15 is 0 Å². The molecule has 2 heterocycles. The van der Waals surface area contributed by atoms with Gasteiger partial charge in [-0.05, 0) is 47.3 Å². The van der Waals surface area contributed by atoms with E-state index in [-0.39, 0.29) is 0 Å². The van der Waals surface area contributed by atoms with Gasteiger partial charge in [-0.2, -0.15) is 0 Å². The van der Waals surface area contributed by atoms with Gasteiger partial charge in [-0.3, -0.25) is 9.10 Å². The summed E-state index contributed by atoms with van der Waals surface area (Å²) >= 11 is 10.4. The lowest BCUT2D eigenvalue weighted by atomic mass is 10.0. The predicted molar refractivity (Wildman–Crippen MR) is 76.7 cm³/mol. The average molecular weight is 347 g/mol. The van der Waals surface area contributed by atoms with Gasteiger partial charge in [0.2, 0.25) is 0 Å². The van der Waals surface area contributed by atoms with Gasteiger partial charge in [0.1, 0.15) is 5.75 Å². The van der Waals surface area contributed by atoms with Gasteiger partial charge >= 0.3 is 5.37 Å². The van der Waals surface area contributed by atoms with Crippen LogP contribution in [0, 0.1) is 0 Å². The molecule has 0 aliphatic carbocycles. The summed E-state index contributed by atoms with van der Waals surface area (Å²) in [5.74, 6) is 0.860. The van der Waals surface area contributed by atoms with Crippen molar-refractivity contribution in [2.24, 2.45) is 0 Å². The van der Waals surface area contributed by atoms with E-state index in [1.807, 2.05) is 18.2 Å². The van der Waals surface area contributed by atoms with Gasteiger partial charge in [0, 0.05) is 21.4 Å². The molecular weight excluding hydrogens is 338 g/mol. The van der Waals surface area contributed by atoms with Gasteiger partial charge in [0.05, 0.1) is 13.2 Å². The molecule has 0 atom stereocenters. The Morgan fingerprint density at radius 2 is 2.33 bits per heavy atom. The van der Waals surface area contributed by atoms with Crippen LogP contribution in [-0.2, 0) is 0 Å². The number of carbonyl (C=O) groups excluding carboxylic acids is 1. The fraction of sp³-hybridized carbons (Fsp3) is 0.250. The average Bonchev–Trinajstić information content (AvgIpc) is 2.67. The minimum absolute atomic E-state index is 0.423. The Morgan fingerprint density at radius 1 is 1.50 bits per heavy atom. The Labute approximate surface area is 122 Å². The topological polar surface area (TPSA) is 29.5 Å². The largest absolute Gasteiger partial charge is 0.493 e. The first-order chi connectivity index (χ1) is 8.65. The number of carbonyl (C=O) groups is 1. The fourth-order valence-electron chi connectivity index (χ4n) is 2.10. The molecule has 2 aliphatic rings. The van der Waals surface area contributed by atoms with Crippen LogP contribution in [-0.4, -0.2) is 22.8 Å². The maximum atomic E-state index is 11.2. The highest BCUT2D eigenvalue weighted by atomic mass is 79.9. The third-order valence-electron chi connectivity index (χ3n) is 2.91. The molecule has 3 nitrogen and oxygen atoms in total. The monoisotopic (exact) mass is 345 g/mol. The molecule has 1 aromatic rings. The fourth-order valence-corrected chi connectivity index (χ4v) is 3.59. The molecule has 0 saturated carbocycles. The summed E-state index contributed by atoms with van der Waals surface area (Å²) in [4.78, 5) is 12.4. The molecule has 0 spiro atoms. The molecule has 6 heteroatoms. The number of rotatable bonds is 0. The summed E-state index contributed by atoms with van der Waals surface area (Å²) in [5.41, 5.74) is 2.20. The highest BCUT2D eigenvalue weighted by Crippen LogP contribution is 2.45. The number of nitrogens with zero attached hydrogens (tertiary/aromatic N) is 1. The normalized spacial score (nSPS) is 18.0. The zero-order valence-electron chi connectivity index (χ0n) is 9.28. The number of amides is 1. The smallest absolute Gasteiger partial charge is 0.326 e. The summed E-state index contributed by atoms with van der Waals surface area (Å²) in [7, 11) is 0. The van der Waals surface area contributed by atoms with Crippen LogP contribution in [0.15, 0.2) is 27.6 Å². The van der Waals surface area contributed by atoms with Crippen molar-refractivity contribution in [3.8, 4) is 5.75 Å². The molecule has 0 saturated heterocycles. The standard InChI is InChI=1S/C12H9BrClNO2S/c13-7-1-2-8-9-6-15(12(14)16)18-11(9)3-4-17-10(8)5-7/h1-2,5H,3-4,6H2. The molecule has 0 N–H and O–H groups in total. The van der Waals surface area contributed by atoms with Crippen LogP contribution in [0.4, 0.5) is 4.79 Å². The number of hydrogen-bond acceptors (Lipinski definition) is 3. The van der Waals surface area contributed by atoms with Gasteiger partial charge < -0.3 is 4.74 Å². The molecule has 1 amide bonds. The van der Waals surface area contributed by atoms with Crippen LogP contribution in [0.5, 0.6) is 5.75 Å². The number of fused-ring (bicyclic) bond motifs is 2. The van der Waals surface area contributed by atoms with Crippen molar-refractivity contribution in [1.82, 2.24) is 4.31 Å². The van der Waals surface area contributed by atoms with Crippen molar-refractivity contribution in [3.63, 3.8) is 0 Å². The molecule has 3 rings (SSSR count). The van der Waals surface area contributed by atoms with Crippen molar-refractivity contribution in [2.45, 2.75) is 6.42 Å². The zero-order chi connectivity index (χ0) is 12.7. The molecule has 94 valence electrons.